The summed E-state index contributed by atoms with van der Waals surface area (Å²) in [4.78, 5) is 10.9. The van der Waals surface area contributed by atoms with Crippen molar-refractivity contribution in [3.8, 4) is 17.6 Å². The van der Waals surface area contributed by atoms with E-state index in [1.807, 2.05) is 36.4 Å². The first-order valence-electron chi connectivity index (χ1n) is 5.71. The fraction of sp³-hybridized carbons (Fsp3) is 0.0625. The highest BCUT2D eigenvalue weighted by molar-refractivity contribution is 9.10. The van der Waals surface area contributed by atoms with Gasteiger partial charge in [0, 0.05) is 5.56 Å². The van der Waals surface area contributed by atoms with Crippen LogP contribution < -0.4 is 4.74 Å². The number of carbonyl (C=O) groups is 1. The van der Waals surface area contributed by atoms with Crippen molar-refractivity contribution in [3.63, 3.8) is 0 Å². The van der Waals surface area contributed by atoms with Crippen molar-refractivity contribution in [3.05, 3.63) is 64.1 Å². The maximum absolute atomic E-state index is 10.9. The summed E-state index contributed by atoms with van der Waals surface area (Å²) in [5, 5.41) is 0. The maximum Gasteiger partial charge on any atom is 0.153 e. The second kappa shape index (κ2) is 6.77. The summed E-state index contributed by atoms with van der Waals surface area (Å²) in [5.41, 5.74) is 1.45. The fourth-order valence-corrected chi connectivity index (χ4v) is 2.03. The largest absolute Gasteiger partial charge is 0.479 e. The lowest BCUT2D eigenvalue weighted by Crippen LogP contribution is -1.98. The Kier molecular flexibility index (Phi) is 4.77. The number of carbonyl (C=O) groups excluding carboxylic acids is 1. The number of benzene rings is 2. The number of rotatable bonds is 3. The van der Waals surface area contributed by atoms with Crippen LogP contribution in [0.15, 0.2) is 53.0 Å². The van der Waals surface area contributed by atoms with E-state index in [1.165, 1.54) is 0 Å². The summed E-state index contributed by atoms with van der Waals surface area (Å²) in [7, 11) is 0. The van der Waals surface area contributed by atoms with Crippen molar-refractivity contribution in [2.45, 2.75) is 0 Å². The first kappa shape index (κ1) is 13.4. The van der Waals surface area contributed by atoms with Gasteiger partial charge in [-0.05, 0) is 40.2 Å². The number of halogens is 1. The molecule has 0 radical (unpaired) electrons. The monoisotopic (exact) mass is 314 g/mol. The molecule has 2 rings (SSSR count). The fourth-order valence-electron chi connectivity index (χ4n) is 1.54. The smallest absolute Gasteiger partial charge is 0.153 e. The van der Waals surface area contributed by atoms with Crippen LogP contribution in [0.25, 0.3) is 0 Å². The van der Waals surface area contributed by atoms with Crippen LogP contribution in [0, 0.1) is 11.8 Å². The summed E-state index contributed by atoms with van der Waals surface area (Å²) >= 11 is 3.35. The van der Waals surface area contributed by atoms with E-state index in [-0.39, 0.29) is 6.61 Å². The van der Waals surface area contributed by atoms with E-state index in [1.54, 1.807) is 12.1 Å². The topological polar surface area (TPSA) is 26.3 Å². The maximum atomic E-state index is 10.9. The molecule has 0 fully saturated rings. The number of hydrogen-bond acceptors (Lipinski definition) is 2. The Morgan fingerprint density at radius 3 is 2.63 bits per heavy atom. The third-order valence-electron chi connectivity index (χ3n) is 2.42. The molecule has 3 heteroatoms. The summed E-state index contributed by atoms with van der Waals surface area (Å²) in [6, 6.07) is 15.0. The van der Waals surface area contributed by atoms with E-state index < -0.39 is 0 Å². The number of hydrogen-bond donors (Lipinski definition) is 0. The van der Waals surface area contributed by atoms with Gasteiger partial charge in [-0.1, -0.05) is 36.1 Å². The van der Waals surface area contributed by atoms with Gasteiger partial charge >= 0.3 is 0 Å². The van der Waals surface area contributed by atoms with Gasteiger partial charge in [0.05, 0.1) is 10.0 Å². The summed E-state index contributed by atoms with van der Waals surface area (Å²) in [5.74, 6) is 6.44. The average Bonchev–Trinajstić information content (AvgIpc) is 2.46. The minimum absolute atomic E-state index is 0.234. The van der Waals surface area contributed by atoms with Crippen LogP contribution in [-0.4, -0.2) is 12.9 Å². The second-order valence-electron chi connectivity index (χ2n) is 3.73. The van der Waals surface area contributed by atoms with Gasteiger partial charge in [0.2, 0.25) is 0 Å². The summed E-state index contributed by atoms with van der Waals surface area (Å²) in [6.07, 6.45) is 0.769. The molecule has 0 unspecified atom stereocenters. The van der Waals surface area contributed by atoms with Crippen molar-refractivity contribution in [1.82, 2.24) is 0 Å². The third kappa shape index (κ3) is 3.70. The van der Waals surface area contributed by atoms with Crippen LogP contribution in [0.3, 0.4) is 0 Å². The van der Waals surface area contributed by atoms with E-state index in [0.717, 1.165) is 16.3 Å². The van der Waals surface area contributed by atoms with E-state index in [0.29, 0.717) is 11.3 Å². The minimum Gasteiger partial charge on any atom is -0.479 e. The quantitative estimate of drug-likeness (QED) is 0.638. The molecule has 0 aliphatic carbocycles. The molecule has 0 saturated heterocycles. The molecule has 0 heterocycles. The SMILES string of the molecule is O=Cc1cccc(Br)c1OCC#Cc1ccccc1. The van der Waals surface area contributed by atoms with Crippen LogP contribution in [0.1, 0.15) is 15.9 Å². The van der Waals surface area contributed by atoms with Crippen molar-refractivity contribution in [1.29, 1.82) is 0 Å². The molecule has 2 aromatic carbocycles. The highest BCUT2D eigenvalue weighted by atomic mass is 79.9. The Balaban J connectivity index is 2.04. The standard InChI is InChI=1S/C16H11BrO2/c17-15-10-4-9-14(12-18)16(15)19-11-5-8-13-6-2-1-3-7-13/h1-4,6-7,9-10,12H,11H2. The van der Waals surface area contributed by atoms with Gasteiger partial charge in [0.1, 0.15) is 12.4 Å². The molecule has 2 nitrogen and oxygen atoms in total. The van der Waals surface area contributed by atoms with E-state index in [2.05, 4.69) is 27.8 Å². The molecule has 0 saturated carbocycles. The van der Waals surface area contributed by atoms with Crippen molar-refractivity contribution in [2.75, 3.05) is 6.61 Å². The Labute approximate surface area is 120 Å². The molecule has 0 aromatic heterocycles. The summed E-state index contributed by atoms with van der Waals surface area (Å²) in [6.45, 7) is 0.234. The molecule has 2 aromatic rings. The van der Waals surface area contributed by atoms with E-state index in [9.17, 15) is 4.79 Å². The summed E-state index contributed by atoms with van der Waals surface area (Å²) < 4.78 is 6.28. The Morgan fingerprint density at radius 1 is 1.11 bits per heavy atom. The molecule has 0 aliphatic heterocycles. The zero-order valence-electron chi connectivity index (χ0n) is 10.1. The molecule has 0 bridgehead atoms. The molecule has 0 N–H and O–H groups in total. The number of para-hydroxylation sites is 1. The van der Waals surface area contributed by atoms with Crippen molar-refractivity contribution in [2.24, 2.45) is 0 Å². The Morgan fingerprint density at radius 2 is 1.89 bits per heavy atom. The van der Waals surface area contributed by atoms with Gasteiger partial charge in [-0.3, -0.25) is 4.79 Å². The lowest BCUT2D eigenvalue weighted by Gasteiger charge is -2.06. The van der Waals surface area contributed by atoms with Gasteiger partial charge < -0.3 is 4.74 Å². The second-order valence-corrected chi connectivity index (χ2v) is 4.59. The van der Waals surface area contributed by atoms with Crippen LogP contribution in [0.2, 0.25) is 0 Å². The van der Waals surface area contributed by atoms with Crippen LogP contribution in [0.5, 0.6) is 5.75 Å². The molecule has 0 aliphatic rings. The van der Waals surface area contributed by atoms with Gasteiger partial charge in [-0.15, -0.1) is 0 Å². The first-order chi connectivity index (χ1) is 9.31. The lowest BCUT2D eigenvalue weighted by atomic mass is 10.2. The van der Waals surface area contributed by atoms with Gasteiger partial charge in [-0.2, -0.15) is 0 Å². The molecule has 0 amide bonds. The van der Waals surface area contributed by atoms with Crippen LogP contribution in [-0.2, 0) is 0 Å². The zero-order valence-corrected chi connectivity index (χ0v) is 11.7. The highest BCUT2D eigenvalue weighted by Crippen LogP contribution is 2.27. The predicted octanol–water partition coefficient (Wildman–Crippen LogP) is 3.69. The van der Waals surface area contributed by atoms with Gasteiger partial charge in [0.25, 0.3) is 0 Å². The van der Waals surface area contributed by atoms with Gasteiger partial charge in [0.15, 0.2) is 6.29 Å². The van der Waals surface area contributed by atoms with E-state index in [4.69, 9.17) is 4.74 Å². The molecule has 0 spiro atoms. The molecule has 0 atom stereocenters. The minimum atomic E-state index is 0.234. The Bertz CT molecular complexity index is 624. The lowest BCUT2D eigenvalue weighted by molar-refractivity contribution is 0.112. The highest BCUT2D eigenvalue weighted by Gasteiger charge is 2.05. The number of aldehydes is 1. The normalized spacial score (nSPS) is 9.32. The first-order valence-corrected chi connectivity index (χ1v) is 6.51. The third-order valence-corrected chi connectivity index (χ3v) is 3.04. The predicted molar refractivity (Wildman–Crippen MR) is 78.3 cm³/mol. The van der Waals surface area contributed by atoms with Crippen molar-refractivity contribution < 1.29 is 9.53 Å². The molecular formula is C16H11BrO2. The van der Waals surface area contributed by atoms with Gasteiger partial charge in [-0.25, -0.2) is 0 Å². The van der Waals surface area contributed by atoms with Crippen molar-refractivity contribution >= 4 is 22.2 Å². The Hall–Kier alpha value is -2.05. The molecule has 19 heavy (non-hydrogen) atoms. The molecule has 94 valence electrons. The van der Waals surface area contributed by atoms with Crippen LogP contribution in [0.4, 0.5) is 0 Å². The zero-order chi connectivity index (χ0) is 13.5. The van der Waals surface area contributed by atoms with Crippen LogP contribution >= 0.6 is 15.9 Å². The molecular weight excluding hydrogens is 304 g/mol. The van der Waals surface area contributed by atoms with E-state index >= 15 is 0 Å². The number of ether oxygens (including phenoxy) is 1. The average molecular weight is 315 g/mol.